The Balaban J connectivity index is 1.71. The summed E-state index contributed by atoms with van der Waals surface area (Å²) in [6, 6.07) is 14.7. The Bertz CT molecular complexity index is 578. The molecule has 20 heavy (non-hydrogen) atoms. The van der Waals surface area contributed by atoms with E-state index in [2.05, 4.69) is 41.0 Å². The van der Waals surface area contributed by atoms with Gasteiger partial charge in [-0.25, -0.2) is 0 Å². The van der Waals surface area contributed by atoms with Crippen LogP contribution in [-0.4, -0.2) is 13.1 Å². The van der Waals surface area contributed by atoms with Gasteiger partial charge in [0, 0.05) is 13.1 Å². The molecule has 1 heterocycles. The van der Waals surface area contributed by atoms with E-state index in [4.69, 9.17) is 5.73 Å². The first-order chi connectivity index (χ1) is 9.84. The zero-order chi connectivity index (χ0) is 13.8. The van der Waals surface area contributed by atoms with E-state index in [1.165, 1.54) is 16.7 Å². The number of anilines is 2. The van der Waals surface area contributed by atoms with E-state index in [1.54, 1.807) is 0 Å². The van der Waals surface area contributed by atoms with E-state index in [-0.39, 0.29) is 0 Å². The van der Waals surface area contributed by atoms with Gasteiger partial charge in [-0.05, 0) is 42.1 Å². The highest BCUT2D eigenvalue weighted by Crippen LogP contribution is 2.29. The van der Waals surface area contributed by atoms with Crippen molar-refractivity contribution in [3.05, 3.63) is 59.2 Å². The van der Waals surface area contributed by atoms with Crippen LogP contribution in [-0.2, 0) is 19.4 Å². The van der Waals surface area contributed by atoms with Crippen LogP contribution in [0.25, 0.3) is 0 Å². The summed E-state index contributed by atoms with van der Waals surface area (Å²) >= 11 is 0. The van der Waals surface area contributed by atoms with Crippen LogP contribution >= 0.6 is 0 Å². The Morgan fingerprint density at radius 1 is 1.10 bits per heavy atom. The van der Waals surface area contributed by atoms with Gasteiger partial charge >= 0.3 is 0 Å². The number of nitrogens with two attached hydrogens (primary N) is 1. The molecule has 0 amide bonds. The molecule has 1 aliphatic heterocycles. The Morgan fingerprint density at radius 2 is 1.95 bits per heavy atom. The monoisotopic (exact) mass is 267 g/mol. The normalized spacial score (nSPS) is 13.8. The highest BCUT2D eigenvalue weighted by Gasteiger charge is 2.14. The van der Waals surface area contributed by atoms with Crippen molar-refractivity contribution < 1.29 is 0 Å². The molecule has 1 aliphatic rings. The van der Waals surface area contributed by atoms with E-state index >= 15 is 0 Å². The van der Waals surface area contributed by atoms with Gasteiger partial charge in [-0.3, -0.25) is 0 Å². The molecular weight excluding hydrogens is 246 g/mol. The predicted octanol–water partition coefficient (Wildman–Crippen LogP) is 2.57. The maximum Gasteiger partial charge on any atom is 0.0622 e. The molecule has 4 N–H and O–H groups in total. The van der Waals surface area contributed by atoms with Crippen molar-refractivity contribution in [2.45, 2.75) is 19.4 Å². The van der Waals surface area contributed by atoms with Crippen LogP contribution in [0.5, 0.6) is 0 Å². The summed E-state index contributed by atoms with van der Waals surface area (Å²) in [6.07, 6.45) is 2.10. The second-order valence-corrected chi connectivity index (χ2v) is 5.26. The zero-order valence-corrected chi connectivity index (χ0v) is 11.7. The first kappa shape index (κ1) is 13.0. The molecule has 104 valence electrons. The van der Waals surface area contributed by atoms with E-state index in [0.29, 0.717) is 0 Å². The predicted molar refractivity (Wildman–Crippen MR) is 84.9 cm³/mol. The quantitative estimate of drug-likeness (QED) is 0.746. The topological polar surface area (TPSA) is 50.1 Å². The Kier molecular flexibility index (Phi) is 3.88. The van der Waals surface area contributed by atoms with Crippen molar-refractivity contribution in [2.24, 2.45) is 0 Å². The maximum atomic E-state index is 6.13. The van der Waals surface area contributed by atoms with Gasteiger partial charge in [0.1, 0.15) is 0 Å². The molecule has 2 aromatic rings. The zero-order valence-electron chi connectivity index (χ0n) is 11.7. The van der Waals surface area contributed by atoms with Gasteiger partial charge in [-0.2, -0.15) is 0 Å². The van der Waals surface area contributed by atoms with Gasteiger partial charge in [-0.15, -0.1) is 0 Å². The van der Waals surface area contributed by atoms with Crippen LogP contribution in [0, 0.1) is 0 Å². The summed E-state index contributed by atoms with van der Waals surface area (Å²) in [5, 5.41) is 6.95. The van der Waals surface area contributed by atoms with Crippen molar-refractivity contribution in [1.82, 2.24) is 5.32 Å². The molecule has 0 atom stereocenters. The molecule has 0 aliphatic carbocycles. The lowest BCUT2D eigenvalue weighted by Gasteiger charge is -2.22. The van der Waals surface area contributed by atoms with E-state index in [0.717, 1.165) is 43.9 Å². The minimum atomic E-state index is 0.848. The van der Waals surface area contributed by atoms with Gasteiger partial charge in [0.25, 0.3) is 0 Å². The number of nitrogen functional groups attached to an aromatic ring is 1. The summed E-state index contributed by atoms with van der Waals surface area (Å²) in [7, 11) is 0. The number of hydrogen-bond donors (Lipinski definition) is 3. The molecule has 0 radical (unpaired) electrons. The van der Waals surface area contributed by atoms with E-state index in [1.807, 2.05) is 12.1 Å². The molecule has 3 rings (SSSR count). The highest BCUT2D eigenvalue weighted by molar-refractivity contribution is 5.72. The summed E-state index contributed by atoms with van der Waals surface area (Å²) in [5.41, 5.74) is 12.2. The van der Waals surface area contributed by atoms with Crippen molar-refractivity contribution in [2.75, 3.05) is 24.1 Å². The minimum Gasteiger partial charge on any atom is -0.397 e. The fourth-order valence-corrected chi connectivity index (χ4v) is 2.77. The number of nitrogens with one attached hydrogen (secondary N) is 2. The van der Waals surface area contributed by atoms with E-state index < -0.39 is 0 Å². The highest BCUT2D eigenvalue weighted by atomic mass is 14.9. The first-order valence-corrected chi connectivity index (χ1v) is 7.23. The van der Waals surface area contributed by atoms with Crippen LogP contribution in [0.4, 0.5) is 11.4 Å². The summed E-state index contributed by atoms with van der Waals surface area (Å²) < 4.78 is 0. The maximum absolute atomic E-state index is 6.13. The van der Waals surface area contributed by atoms with Gasteiger partial charge < -0.3 is 16.4 Å². The lowest BCUT2D eigenvalue weighted by molar-refractivity contribution is 0.645. The largest absolute Gasteiger partial charge is 0.397 e. The Labute approximate surface area is 120 Å². The molecular formula is C17H21N3. The summed E-state index contributed by atoms with van der Waals surface area (Å²) in [4.78, 5) is 0. The van der Waals surface area contributed by atoms with Crippen LogP contribution in [0.1, 0.15) is 16.7 Å². The molecule has 3 heteroatoms. The minimum absolute atomic E-state index is 0.848. The molecule has 0 unspecified atom stereocenters. The fraction of sp³-hybridized carbons (Fsp3) is 0.294. The fourth-order valence-electron chi connectivity index (χ4n) is 2.77. The molecule has 0 saturated carbocycles. The van der Waals surface area contributed by atoms with Gasteiger partial charge in [0.05, 0.1) is 11.4 Å². The van der Waals surface area contributed by atoms with Crippen LogP contribution in [0.3, 0.4) is 0 Å². The number of hydrogen-bond acceptors (Lipinski definition) is 3. The summed E-state index contributed by atoms with van der Waals surface area (Å²) in [6.45, 7) is 2.87. The van der Waals surface area contributed by atoms with Crippen LogP contribution < -0.4 is 16.4 Å². The molecule has 3 nitrogen and oxygen atoms in total. The molecule has 0 fully saturated rings. The number of benzene rings is 2. The van der Waals surface area contributed by atoms with Crippen molar-refractivity contribution >= 4 is 11.4 Å². The van der Waals surface area contributed by atoms with Gasteiger partial charge in [0.15, 0.2) is 0 Å². The van der Waals surface area contributed by atoms with Crippen molar-refractivity contribution in [3.8, 4) is 0 Å². The van der Waals surface area contributed by atoms with Crippen molar-refractivity contribution in [3.63, 3.8) is 0 Å². The Hall–Kier alpha value is -2.00. The summed E-state index contributed by atoms with van der Waals surface area (Å²) in [5.74, 6) is 0. The van der Waals surface area contributed by atoms with Crippen molar-refractivity contribution in [1.29, 1.82) is 0 Å². The SMILES string of the molecule is Nc1ccc2c(c1NCCc1ccccc1)CNCC2. The molecule has 0 spiro atoms. The second kappa shape index (κ2) is 5.97. The standard InChI is InChI=1S/C17H21N3/c18-16-7-6-14-9-10-19-12-15(14)17(16)20-11-8-13-4-2-1-3-5-13/h1-7,19-20H,8-12,18H2. The Morgan fingerprint density at radius 3 is 2.80 bits per heavy atom. The smallest absolute Gasteiger partial charge is 0.0622 e. The second-order valence-electron chi connectivity index (χ2n) is 5.26. The first-order valence-electron chi connectivity index (χ1n) is 7.23. The molecule has 0 aromatic heterocycles. The third-order valence-electron chi connectivity index (χ3n) is 3.87. The molecule has 2 aromatic carbocycles. The number of rotatable bonds is 4. The van der Waals surface area contributed by atoms with Crippen LogP contribution in [0.2, 0.25) is 0 Å². The lowest BCUT2D eigenvalue weighted by Crippen LogP contribution is -2.25. The third-order valence-corrected chi connectivity index (χ3v) is 3.87. The van der Waals surface area contributed by atoms with Gasteiger partial charge in [0.2, 0.25) is 0 Å². The number of fused-ring (bicyclic) bond motifs is 1. The average Bonchev–Trinajstić information content (AvgIpc) is 2.50. The third kappa shape index (κ3) is 2.78. The van der Waals surface area contributed by atoms with Crippen LogP contribution in [0.15, 0.2) is 42.5 Å². The lowest BCUT2D eigenvalue weighted by atomic mass is 9.98. The molecule has 0 saturated heterocycles. The molecule has 0 bridgehead atoms. The van der Waals surface area contributed by atoms with Gasteiger partial charge in [-0.1, -0.05) is 36.4 Å². The average molecular weight is 267 g/mol. The van der Waals surface area contributed by atoms with E-state index in [9.17, 15) is 0 Å².